The maximum Gasteiger partial charge on any atom is 0.303 e. The summed E-state index contributed by atoms with van der Waals surface area (Å²) in [5, 5.41) is 6.46. The largest absolute Gasteiger partial charge is 0.463 e. The Hall–Kier alpha value is -3.14. The number of carbonyl (C=O) groups excluding carboxylic acids is 4. The molecule has 1 aromatic rings. The summed E-state index contributed by atoms with van der Waals surface area (Å²) in [6, 6.07) is 7.41. The Bertz CT molecular complexity index is 1330. The lowest BCUT2D eigenvalue weighted by atomic mass is 9.78. The molecule has 3 fully saturated rings. The Morgan fingerprint density at radius 1 is 0.811 bits per heavy atom. The SMILES string of the molecule is CCCCCCCCO[C@@H]1O[C@H](COC(C)=O)[C@@H](N[C@@H]2C[C@H](COCc3ccccc3)[C@@H]3OC(C)(C)O[C@@H]3[C@H]2OC(C)=O)[C@H](OC(C)=O)[C@H]1NC(C)=O. The van der Waals surface area contributed by atoms with Crippen LogP contribution in [0.1, 0.15) is 99.0 Å². The molecule has 2 heterocycles. The van der Waals surface area contributed by atoms with Crippen molar-refractivity contribution < 1.29 is 57.1 Å². The van der Waals surface area contributed by atoms with Crippen LogP contribution in [0, 0.1) is 5.92 Å². The van der Waals surface area contributed by atoms with E-state index in [9.17, 15) is 19.2 Å². The second-order valence-corrected chi connectivity index (χ2v) is 14.7. The first kappa shape index (κ1) is 42.6. The van der Waals surface area contributed by atoms with Gasteiger partial charge in [-0.2, -0.15) is 0 Å². The molecule has 1 aromatic carbocycles. The van der Waals surface area contributed by atoms with Crippen LogP contribution in [-0.2, 0) is 63.7 Å². The van der Waals surface area contributed by atoms with E-state index < -0.39 is 78.6 Å². The maximum absolute atomic E-state index is 12.7. The molecule has 3 aliphatic rings. The number of carbonyl (C=O) groups is 4. The van der Waals surface area contributed by atoms with Gasteiger partial charge in [0.05, 0.1) is 25.4 Å². The van der Waals surface area contributed by atoms with Crippen LogP contribution in [-0.4, -0.2) is 104 Å². The van der Waals surface area contributed by atoms with E-state index in [4.69, 9.17) is 37.9 Å². The number of benzene rings is 1. The van der Waals surface area contributed by atoms with E-state index in [0.29, 0.717) is 26.2 Å². The number of rotatable bonds is 19. The van der Waals surface area contributed by atoms with E-state index in [0.717, 1.165) is 37.7 Å². The second-order valence-electron chi connectivity index (χ2n) is 14.7. The highest BCUT2D eigenvalue weighted by atomic mass is 16.8. The summed E-state index contributed by atoms with van der Waals surface area (Å²) in [5.41, 5.74) is 1.02. The zero-order valence-corrected chi connectivity index (χ0v) is 32.3. The molecule has 2 aliphatic heterocycles. The van der Waals surface area contributed by atoms with E-state index in [1.165, 1.54) is 34.1 Å². The second kappa shape index (κ2) is 20.5. The van der Waals surface area contributed by atoms with Crippen LogP contribution in [0.5, 0.6) is 0 Å². The number of hydrogen-bond donors (Lipinski definition) is 2. The smallest absolute Gasteiger partial charge is 0.303 e. The summed E-state index contributed by atoms with van der Waals surface area (Å²) in [5.74, 6) is -3.20. The molecule has 1 amide bonds. The summed E-state index contributed by atoms with van der Waals surface area (Å²) in [6.07, 6.45) is 1.74. The molecule has 14 nitrogen and oxygen atoms in total. The average molecular weight is 749 g/mol. The van der Waals surface area contributed by atoms with Gasteiger partial charge in [-0.1, -0.05) is 69.4 Å². The van der Waals surface area contributed by atoms with Crippen molar-refractivity contribution in [3.63, 3.8) is 0 Å². The van der Waals surface area contributed by atoms with Crippen LogP contribution < -0.4 is 10.6 Å². The van der Waals surface area contributed by atoms with Gasteiger partial charge in [0.2, 0.25) is 5.91 Å². The van der Waals surface area contributed by atoms with Gasteiger partial charge in [-0.3, -0.25) is 19.2 Å². The molecule has 1 aliphatic carbocycles. The van der Waals surface area contributed by atoms with Gasteiger partial charge < -0.3 is 48.5 Å². The van der Waals surface area contributed by atoms with Gasteiger partial charge >= 0.3 is 17.9 Å². The van der Waals surface area contributed by atoms with E-state index in [2.05, 4.69) is 17.6 Å². The lowest BCUT2D eigenvalue weighted by Crippen LogP contribution is -2.72. The predicted octanol–water partition coefficient (Wildman–Crippen LogP) is 4.10. The third-order valence-electron chi connectivity index (χ3n) is 9.67. The van der Waals surface area contributed by atoms with Gasteiger partial charge in [-0.25, -0.2) is 0 Å². The maximum atomic E-state index is 12.7. The van der Waals surface area contributed by atoms with Crippen molar-refractivity contribution in [3.8, 4) is 0 Å². The van der Waals surface area contributed by atoms with Crippen LogP contribution in [0.4, 0.5) is 0 Å². The molecule has 0 unspecified atom stereocenters. The third-order valence-corrected chi connectivity index (χ3v) is 9.67. The van der Waals surface area contributed by atoms with Gasteiger partial charge in [0.1, 0.15) is 37.1 Å². The van der Waals surface area contributed by atoms with Crippen LogP contribution in [0.25, 0.3) is 0 Å². The zero-order valence-electron chi connectivity index (χ0n) is 32.3. The summed E-state index contributed by atoms with van der Waals surface area (Å²) < 4.78 is 49.1. The topological polar surface area (TPSA) is 166 Å². The molecule has 4 rings (SSSR count). The molecule has 2 N–H and O–H groups in total. The van der Waals surface area contributed by atoms with Gasteiger partial charge in [0, 0.05) is 46.3 Å². The van der Waals surface area contributed by atoms with E-state index in [1.807, 2.05) is 44.2 Å². The molecule has 0 radical (unpaired) electrons. The lowest BCUT2D eigenvalue weighted by Gasteiger charge is -2.49. The van der Waals surface area contributed by atoms with Gasteiger partial charge in [0.15, 0.2) is 12.1 Å². The zero-order chi connectivity index (χ0) is 38.5. The first-order chi connectivity index (χ1) is 25.3. The van der Waals surface area contributed by atoms with Gasteiger partial charge in [-0.15, -0.1) is 0 Å². The summed E-state index contributed by atoms with van der Waals surface area (Å²) in [4.78, 5) is 50.0. The Kier molecular flexibility index (Phi) is 16.5. The van der Waals surface area contributed by atoms with Crippen LogP contribution in [0.3, 0.4) is 0 Å². The Morgan fingerprint density at radius 2 is 1.47 bits per heavy atom. The highest BCUT2D eigenvalue weighted by Gasteiger charge is 2.58. The third kappa shape index (κ3) is 13.0. The van der Waals surface area contributed by atoms with Crippen molar-refractivity contribution in [2.45, 2.75) is 161 Å². The highest BCUT2D eigenvalue weighted by Crippen LogP contribution is 2.42. The van der Waals surface area contributed by atoms with Crippen molar-refractivity contribution in [1.29, 1.82) is 0 Å². The van der Waals surface area contributed by atoms with Gasteiger partial charge in [-0.05, 0) is 32.3 Å². The van der Waals surface area contributed by atoms with E-state index in [-0.39, 0.29) is 18.4 Å². The normalized spacial score (nSPS) is 30.5. The fraction of sp³-hybridized carbons (Fsp3) is 0.744. The van der Waals surface area contributed by atoms with Crippen molar-refractivity contribution in [2.24, 2.45) is 5.92 Å². The van der Waals surface area contributed by atoms with Gasteiger partial charge in [0.25, 0.3) is 0 Å². The number of amides is 1. The summed E-state index contributed by atoms with van der Waals surface area (Å²) >= 11 is 0. The van der Waals surface area contributed by atoms with Crippen molar-refractivity contribution in [1.82, 2.24) is 10.6 Å². The summed E-state index contributed by atoms with van der Waals surface area (Å²) in [6.45, 7) is 11.9. The molecule has 0 aromatic heterocycles. The number of fused-ring (bicyclic) bond motifs is 1. The molecule has 10 atom stereocenters. The Labute approximate surface area is 313 Å². The molecule has 53 heavy (non-hydrogen) atoms. The van der Waals surface area contributed by atoms with Crippen molar-refractivity contribution in [2.75, 3.05) is 19.8 Å². The van der Waals surface area contributed by atoms with Crippen LogP contribution in [0.15, 0.2) is 30.3 Å². The highest BCUT2D eigenvalue weighted by molar-refractivity contribution is 5.73. The Morgan fingerprint density at radius 3 is 2.13 bits per heavy atom. The van der Waals surface area contributed by atoms with Crippen molar-refractivity contribution >= 4 is 23.8 Å². The molecule has 0 spiro atoms. The fourth-order valence-corrected chi connectivity index (χ4v) is 7.50. The number of nitrogens with one attached hydrogen (secondary N) is 2. The van der Waals surface area contributed by atoms with Crippen molar-refractivity contribution in [3.05, 3.63) is 35.9 Å². The lowest BCUT2D eigenvalue weighted by molar-refractivity contribution is -0.254. The molecular formula is C39H60N2O12. The minimum absolute atomic E-state index is 0.207. The first-order valence-corrected chi connectivity index (χ1v) is 19.0. The van der Waals surface area contributed by atoms with E-state index in [1.54, 1.807) is 0 Å². The average Bonchev–Trinajstić information content (AvgIpc) is 3.42. The quantitative estimate of drug-likeness (QED) is 0.118. The number of unbranched alkanes of at least 4 members (excludes halogenated alkanes) is 5. The molecule has 2 saturated heterocycles. The van der Waals surface area contributed by atoms with Crippen LogP contribution in [0.2, 0.25) is 0 Å². The molecule has 14 heteroatoms. The number of ether oxygens (including phenoxy) is 8. The standard InChI is InChI=1S/C39H60N2O12/c1-8-9-10-11-12-16-19-47-38-33(40-24(2)42)36(50-27(5)45)32(31(51-38)23-48-25(3)43)41-30-20-29(22-46-21-28-17-14-13-15-18-28)34-37(35(30)49-26(4)44)53-39(6,7)52-34/h13-15,17-18,29-38,41H,8-12,16,19-23H2,1-7H3,(H,40,42)/t29-,30-,31-,32-,33-,34+,35+,36+,37+,38-/m1/s1. The molecule has 1 saturated carbocycles. The van der Waals surface area contributed by atoms with Crippen LogP contribution >= 0.6 is 0 Å². The number of esters is 3. The molecule has 0 bridgehead atoms. The predicted molar refractivity (Wildman–Crippen MR) is 192 cm³/mol. The fourth-order valence-electron chi connectivity index (χ4n) is 7.50. The minimum atomic E-state index is -1.04. The molecule has 298 valence electrons. The Balaban J connectivity index is 1.64. The molecular weight excluding hydrogens is 688 g/mol. The minimum Gasteiger partial charge on any atom is -0.463 e. The number of hydrogen-bond acceptors (Lipinski definition) is 13. The summed E-state index contributed by atoms with van der Waals surface area (Å²) in [7, 11) is 0. The first-order valence-electron chi connectivity index (χ1n) is 19.0. The van der Waals surface area contributed by atoms with E-state index >= 15 is 0 Å². The monoisotopic (exact) mass is 748 g/mol.